The number of nitrogens with one attached hydrogen (secondary N) is 2. The summed E-state index contributed by atoms with van der Waals surface area (Å²) >= 11 is 0. The summed E-state index contributed by atoms with van der Waals surface area (Å²) in [5, 5.41) is 32.0. The van der Waals surface area contributed by atoms with Gasteiger partial charge in [0.15, 0.2) is 17.1 Å². The van der Waals surface area contributed by atoms with E-state index in [4.69, 9.17) is 10.2 Å². The van der Waals surface area contributed by atoms with E-state index in [1.54, 1.807) is 25.2 Å². The van der Waals surface area contributed by atoms with E-state index < -0.39 is 29.3 Å². The molecule has 46 heavy (non-hydrogen) atoms. The number of rotatable bonds is 5. The van der Waals surface area contributed by atoms with Crippen LogP contribution < -0.4 is 22.6 Å². The lowest BCUT2D eigenvalue weighted by atomic mass is 10.0. The third-order valence-electron chi connectivity index (χ3n) is 7.10. The molecule has 0 radical (unpaired) electrons. The summed E-state index contributed by atoms with van der Waals surface area (Å²) in [6, 6.07) is 12.1. The Balaban J connectivity index is 0.000000228. The summed E-state index contributed by atoms with van der Waals surface area (Å²) in [4.78, 5) is 52.6. The minimum Gasteiger partial charge on any atom is -0.489 e. The Bertz CT molecular complexity index is 2200. The first-order chi connectivity index (χ1) is 21.1. The number of H-pyrrole nitrogens is 1. The highest BCUT2D eigenvalue weighted by molar-refractivity contribution is 5.96. The second kappa shape index (κ2) is 13.0. The van der Waals surface area contributed by atoms with E-state index in [9.17, 15) is 29.4 Å². The topological polar surface area (TPSA) is 250 Å². The number of benzene rings is 2. The van der Waals surface area contributed by atoms with Gasteiger partial charge in [-0.2, -0.15) is 4.52 Å². The molecule has 0 fully saturated rings. The van der Waals surface area contributed by atoms with Crippen molar-refractivity contribution >= 4 is 41.0 Å². The third kappa shape index (κ3) is 6.21. The summed E-state index contributed by atoms with van der Waals surface area (Å²) in [5.41, 5.74) is 10.1. The minimum atomic E-state index is -1.36. The fourth-order valence-electron chi connectivity index (χ4n) is 4.84. The van der Waals surface area contributed by atoms with E-state index in [2.05, 4.69) is 35.3 Å². The van der Waals surface area contributed by atoms with Gasteiger partial charge < -0.3 is 25.7 Å². The number of hydrogen-bond donors (Lipinski definition) is 5. The van der Waals surface area contributed by atoms with Crippen molar-refractivity contribution in [2.75, 3.05) is 0 Å². The van der Waals surface area contributed by atoms with Crippen LogP contribution in [0.5, 0.6) is 5.88 Å². The van der Waals surface area contributed by atoms with Crippen LogP contribution in [0.25, 0.3) is 28.1 Å². The summed E-state index contributed by atoms with van der Waals surface area (Å²) in [7, 11) is 1.56. The van der Waals surface area contributed by atoms with Gasteiger partial charge >= 0.3 is 17.5 Å². The maximum atomic E-state index is 12.4. The van der Waals surface area contributed by atoms with Gasteiger partial charge in [0.25, 0.3) is 11.8 Å². The number of aromatic hydroxyl groups is 1. The van der Waals surface area contributed by atoms with Gasteiger partial charge in [-0.15, -0.1) is 12.4 Å². The molecular formula is C28H28ClN9O8. The van der Waals surface area contributed by atoms with Crippen molar-refractivity contribution < 1.29 is 28.7 Å². The Morgan fingerprint density at radius 3 is 2.67 bits per heavy atom. The number of aromatic amines is 1. The lowest BCUT2D eigenvalue weighted by Gasteiger charge is -2.07. The van der Waals surface area contributed by atoms with Crippen molar-refractivity contribution in [2.24, 2.45) is 12.8 Å². The van der Waals surface area contributed by atoms with Crippen molar-refractivity contribution in [1.29, 1.82) is 0 Å². The van der Waals surface area contributed by atoms with Crippen LogP contribution in [0.1, 0.15) is 57.6 Å². The lowest BCUT2D eigenvalue weighted by Crippen LogP contribution is -2.25. The summed E-state index contributed by atoms with van der Waals surface area (Å²) in [6.07, 6.45) is 1.96. The van der Waals surface area contributed by atoms with Crippen molar-refractivity contribution in [3.05, 3.63) is 91.6 Å². The molecule has 240 valence electrons. The zero-order valence-electron chi connectivity index (χ0n) is 23.3. The lowest BCUT2D eigenvalue weighted by molar-refractivity contribution is 0.0687. The summed E-state index contributed by atoms with van der Waals surface area (Å²) < 4.78 is 11.7. The first-order valence-electron chi connectivity index (χ1n) is 13.1. The average Bonchev–Trinajstić information content (AvgIpc) is 3.78. The molecule has 0 saturated carbocycles. The van der Waals surface area contributed by atoms with Gasteiger partial charge in [0, 0.05) is 31.3 Å². The molecule has 1 amide bonds. The van der Waals surface area contributed by atoms with Crippen LogP contribution in [-0.2, 0) is 20.0 Å². The van der Waals surface area contributed by atoms with Crippen molar-refractivity contribution in [1.82, 2.24) is 39.8 Å². The monoisotopic (exact) mass is 653 g/mol. The molecule has 0 spiro atoms. The number of fused-ring (bicyclic) bond motifs is 3. The number of oxazole rings is 1. The smallest absolute Gasteiger partial charge is 0.439 e. The number of nitrogens with two attached hydrogens (primary N) is 1. The molecule has 18 heteroatoms. The van der Waals surface area contributed by atoms with Gasteiger partial charge in [-0.1, -0.05) is 41.1 Å². The van der Waals surface area contributed by atoms with E-state index in [1.165, 1.54) is 15.7 Å². The number of aromatic nitrogens is 7. The quantitative estimate of drug-likeness (QED) is 0.179. The molecule has 0 aliphatic heterocycles. The van der Waals surface area contributed by atoms with E-state index in [-0.39, 0.29) is 49.5 Å². The normalized spacial score (nSPS) is 13.3. The van der Waals surface area contributed by atoms with Gasteiger partial charge in [0.2, 0.25) is 5.65 Å². The molecular weight excluding hydrogens is 626 g/mol. The van der Waals surface area contributed by atoms with Crippen LogP contribution in [-0.4, -0.2) is 56.6 Å². The van der Waals surface area contributed by atoms with Crippen LogP contribution in [0, 0.1) is 0 Å². The maximum absolute atomic E-state index is 12.4. The van der Waals surface area contributed by atoms with Gasteiger partial charge in [-0.3, -0.25) is 18.9 Å². The molecule has 17 nitrogen and oxygen atoms in total. The van der Waals surface area contributed by atoms with Crippen molar-refractivity contribution in [3.63, 3.8) is 0 Å². The fraction of sp³-hybridized carbons (Fsp3) is 0.214. The molecule has 0 unspecified atom stereocenters. The highest BCUT2D eigenvalue weighted by Gasteiger charge is 2.21. The van der Waals surface area contributed by atoms with Crippen LogP contribution in [0.4, 0.5) is 0 Å². The van der Waals surface area contributed by atoms with E-state index in [0.29, 0.717) is 22.5 Å². The largest absolute Gasteiger partial charge is 0.489 e. The van der Waals surface area contributed by atoms with E-state index in [1.807, 2.05) is 18.2 Å². The number of carbonyl (C=O) groups is 2. The SMILES string of the molecule is C.Cl.Cn1c(=O)oc2ccc(CNC(=O)c3cc(C(=O)O)n4nnc(O)c4n3)cc21.N[C@H]1CCc2cc(-c3noc(=O)[nH]3)ccc21. The Morgan fingerprint density at radius 2 is 1.96 bits per heavy atom. The van der Waals surface area contributed by atoms with Crippen LogP contribution in [0.2, 0.25) is 0 Å². The van der Waals surface area contributed by atoms with Gasteiger partial charge in [0.1, 0.15) is 5.69 Å². The second-order valence-corrected chi connectivity index (χ2v) is 9.89. The summed E-state index contributed by atoms with van der Waals surface area (Å²) in [5.74, 6) is -3.18. The number of amides is 1. The molecule has 0 saturated heterocycles. The number of hydrogen-bond acceptors (Lipinski definition) is 12. The summed E-state index contributed by atoms with van der Waals surface area (Å²) in [6.45, 7) is 0.0902. The van der Waals surface area contributed by atoms with Crippen LogP contribution in [0.3, 0.4) is 0 Å². The molecule has 6 aromatic rings. The number of carboxylic acid groups (broad SMARTS) is 1. The van der Waals surface area contributed by atoms with Crippen LogP contribution in [0.15, 0.2) is 61.0 Å². The third-order valence-corrected chi connectivity index (χ3v) is 7.10. The molecule has 2 aromatic carbocycles. The molecule has 0 bridgehead atoms. The Morgan fingerprint density at radius 1 is 1.17 bits per heavy atom. The predicted molar refractivity (Wildman–Crippen MR) is 164 cm³/mol. The van der Waals surface area contributed by atoms with Gasteiger partial charge in [0.05, 0.1) is 5.52 Å². The zero-order valence-corrected chi connectivity index (χ0v) is 24.1. The maximum Gasteiger partial charge on any atom is 0.439 e. The van der Waals surface area contributed by atoms with E-state index >= 15 is 0 Å². The van der Waals surface area contributed by atoms with Crippen molar-refractivity contribution in [2.45, 2.75) is 32.9 Å². The predicted octanol–water partition coefficient (Wildman–Crippen LogP) is 1.94. The zero-order chi connectivity index (χ0) is 31.1. The van der Waals surface area contributed by atoms with Crippen LogP contribution >= 0.6 is 12.4 Å². The first-order valence-corrected chi connectivity index (χ1v) is 13.1. The number of halogens is 1. The highest BCUT2D eigenvalue weighted by Crippen LogP contribution is 2.31. The molecule has 1 aliphatic rings. The highest BCUT2D eigenvalue weighted by atomic mass is 35.5. The molecule has 4 heterocycles. The number of aromatic carboxylic acids is 1. The van der Waals surface area contributed by atoms with Gasteiger partial charge in [-0.05, 0) is 47.7 Å². The standard InChI is InChI=1S/C16H12N6O6.C11H11N3O2.CH4.ClH/c1-21-9-4-7(2-3-11(9)28-16(21)27)6-17-13(23)8-5-10(15(25)26)22-12(18-8)14(24)19-20-22;12-9-4-2-6-5-7(1-3-8(6)9)10-13-11(15)16-14-10;;/h2-5,24H,6H2,1H3,(H,17,23)(H,25,26);1,3,5,9H,2,4,12H2,(H,13,14,15);1H4;1H/t;9-;;/m.0../s1. The first kappa shape index (κ1) is 33.1. The Labute approximate surface area is 264 Å². The second-order valence-electron chi connectivity index (χ2n) is 9.89. The minimum absolute atomic E-state index is 0. The fourth-order valence-corrected chi connectivity index (χ4v) is 4.84. The number of carbonyl (C=O) groups excluding carboxylic acids is 1. The number of aryl methyl sites for hydroxylation is 2. The number of nitrogens with zero attached hydrogens (tertiary/aromatic N) is 6. The molecule has 1 aliphatic carbocycles. The molecule has 6 N–H and O–H groups in total. The van der Waals surface area contributed by atoms with Crippen molar-refractivity contribution in [3.8, 4) is 17.3 Å². The van der Waals surface area contributed by atoms with E-state index in [0.717, 1.165) is 29.0 Å². The molecule has 4 aromatic heterocycles. The molecule has 7 rings (SSSR count). The number of carboxylic acids is 1. The average molecular weight is 654 g/mol. The van der Waals surface area contributed by atoms with Gasteiger partial charge in [-0.25, -0.2) is 19.4 Å². The molecule has 1 atom stereocenters. The Kier molecular flexibility index (Phi) is 9.38. The Hall–Kier alpha value is -5.81.